The fourth-order valence-electron chi connectivity index (χ4n) is 7.61. The average molecular weight is 688 g/mol. The molecule has 0 aliphatic rings. The third-order valence-electron chi connectivity index (χ3n) is 10.3. The maximum Gasteiger partial charge on any atom is 0.164 e. The van der Waals surface area contributed by atoms with Crippen LogP contribution in [-0.2, 0) is 0 Å². The van der Waals surface area contributed by atoms with Gasteiger partial charge in [-0.3, -0.25) is 0 Å². The van der Waals surface area contributed by atoms with Gasteiger partial charge in [0.1, 0.15) is 0 Å². The Morgan fingerprint density at radius 1 is 0.241 bits per heavy atom. The molecule has 0 N–H and O–H groups in total. The van der Waals surface area contributed by atoms with Gasteiger partial charge < -0.3 is 0 Å². The molecule has 0 saturated carbocycles. The van der Waals surface area contributed by atoms with Gasteiger partial charge in [0.05, 0.1) is 0 Å². The van der Waals surface area contributed by atoms with Crippen LogP contribution < -0.4 is 0 Å². The Morgan fingerprint density at radius 3 is 1.43 bits per heavy atom. The zero-order valence-corrected chi connectivity index (χ0v) is 29.4. The van der Waals surface area contributed by atoms with E-state index in [9.17, 15) is 0 Å². The first kappa shape index (κ1) is 31.5. The lowest BCUT2D eigenvalue weighted by molar-refractivity contribution is 1.07. The van der Waals surface area contributed by atoms with Crippen molar-refractivity contribution in [2.24, 2.45) is 0 Å². The monoisotopic (exact) mass is 687 g/mol. The Bertz CT molecular complexity index is 2980. The quantitative estimate of drug-likeness (QED) is 0.175. The van der Waals surface area contributed by atoms with Crippen LogP contribution in [0.5, 0.6) is 0 Å². The summed E-state index contributed by atoms with van der Waals surface area (Å²) in [5, 5.41) is 7.25. The summed E-state index contributed by atoms with van der Waals surface area (Å²) in [6.45, 7) is 0. The SMILES string of the molecule is c1ccc(-c2nc(-c3ccc(-c4cccc5ccccc45)cc3)nc(-c3cccc(-c4ccc5ccccc5c4)c3-c3ccc4ccccc4c3)n2)cc1. The van der Waals surface area contributed by atoms with E-state index in [1.54, 1.807) is 0 Å². The number of hydrogen-bond acceptors (Lipinski definition) is 3. The Hall–Kier alpha value is -7.23. The highest BCUT2D eigenvalue weighted by molar-refractivity contribution is 5.99. The Balaban J connectivity index is 1.18. The molecule has 0 amide bonds. The van der Waals surface area contributed by atoms with E-state index in [4.69, 9.17) is 15.0 Å². The molecule has 10 aromatic rings. The summed E-state index contributed by atoms with van der Waals surface area (Å²) in [5.74, 6) is 1.89. The molecule has 0 aliphatic carbocycles. The second-order valence-corrected chi connectivity index (χ2v) is 13.6. The highest BCUT2D eigenvalue weighted by atomic mass is 15.0. The minimum Gasteiger partial charge on any atom is -0.208 e. The number of aromatic nitrogens is 3. The molecule has 0 spiro atoms. The van der Waals surface area contributed by atoms with Gasteiger partial charge in [-0.2, -0.15) is 0 Å². The van der Waals surface area contributed by atoms with E-state index in [2.05, 4.69) is 182 Å². The molecule has 54 heavy (non-hydrogen) atoms. The van der Waals surface area contributed by atoms with Crippen molar-refractivity contribution in [2.75, 3.05) is 0 Å². The standard InChI is InChI=1S/C51H33N3/c1-2-15-38(16-3-1)49-52-50(39-28-26-37(27-29-39)45-21-10-19-36-14-8-9-20-44(36)45)54-51(53-49)47-23-11-22-46(42-30-24-34-12-4-6-17-40(34)32-42)48(47)43-31-25-35-13-5-7-18-41(35)33-43/h1-33H. The fraction of sp³-hybridized carbons (Fsp3) is 0. The minimum atomic E-state index is 0.628. The normalized spacial score (nSPS) is 11.3. The van der Waals surface area contributed by atoms with Crippen molar-refractivity contribution >= 4 is 32.3 Å². The molecule has 1 aromatic heterocycles. The molecule has 0 fully saturated rings. The Kier molecular flexibility index (Phi) is 7.81. The molecule has 0 radical (unpaired) electrons. The molecule has 0 aliphatic heterocycles. The Morgan fingerprint density at radius 2 is 0.704 bits per heavy atom. The van der Waals surface area contributed by atoms with Crippen LogP contribution in [0.15, 0.2) is 200 Å². The molecule has 0 saturated heterocycles. The molecule has 0 atom stereocenters. The minimum absolute atomic E-state index is 0.628. The van der Waals surface area contributed by atoms with E-state index in [1.165, 1.54) is 37.9 Å². The summed E-state index contributed by atoms with van der Waals surface area (Å²) in [6.07, 6.45) is 0. The number of hydrogen-bond donors (Lipinski definition) is 0. The molecule has 252 valence electrons. The van der Waals surface area contributed by atoms with Crippen molar-refractivity contribution in [1.82, 2.24) is 15.0 Å². The molecular weight excluding hydrogens is 655 g/mol. The summed E-state index contributed by atoms with van der Waals surface area (Å²) < 4.78 is 0. The van der Waals surface area contributed by atoms with Crippen molar-refractivity contribution in [3.8, 4) is 67.5 Å². The van der Waals surface area contributed by atoms with E-state index >= 15 is 0 Å². The van der Waals surface area contributed by atoms with E-state index in [0.29, 0.717) is 17.5 Å². The van der Waals surface area contributed by atoms with Gasteiger partial charge in [-0.25, -0.2) is 15.0 Å². The number of rotatable bonds is 6. The van der Waals surface area contributed by atoms with Crippen molar-refractivity contribution in [3.63, 3.8) is 0 Å². The highest BCUT2D eigenvalue weighted by Gasteiger charge is 2.20. The summed E-state index contributed by atoms with van der Waals surface area (Å²) in [5.41, 5.74) is 9.61. The smallest absolute Gasteiger partial charge is 0.164 e. The molecule has 10 rings (SSSR count). The third-order valence-corrected chi connectivity index (χ3v) is 10.3. The molecule has 3 heteroatoms. The van der Waals surface area contributed by atoms with Crippen molar-refractivity contribution in [2.45, 2.75) is 0 Å². The summed E-state index contributed by atoms with van der Waals surface area (Å²) in [7, 11) is 0. The first-order valence-electron chi connectivity index (χ1n) is 18.3. The van der Waals surface area contributed by atoms with E-state index < -0.39 is 0 Å². The van der Waals surface area contributed by atoms with Gasteiger partial charge in [0.2, 0.25) is 0 Å². The maximum atomic E-state index is 5.26. The van der Waals surface area contributed by atoms with Crippen LogP contribution in [-0.4, -0.2) is 15.0 Å². The highest BCUT2D eigenvalue weighted by Crippen LogP contribution is 2.41. The van der Waals surface area contributed by atoms with Crippen LogP contribution in [0, 0.1) is 0 Å². The second-order valence-electron chi connectivity index (χ2n) is 13.6. The van der Waals surface area contributed by atoms with E-state index in [-0.39, 0.29) is 0 Å². The molecule has 1 heterocycles. The van der Waals surface area contributed by atoms with Crippen molar-refractivity contribution in [1.29, 1.82) is 0 Å². The topological polar surface area (TPSA) is 38.7 Å². The van der Waals surface area contributed by atoms with E-state index in [1.807, 2.05) is 18.2 Å². The van der Waals surface area contributed by atoms with Gasteiger partial charge in [-0.05, 0) is 72.3 Å². The lowest BCUT2D eigenvalue weighted by Crippen LogP contribution is -2.02. The Labute approximate surface area is 313 Å². The number of fused-ring (bicyclic) bond motifs is 3. The first-order chi connectivity index (χ1) is 26.7. The van der Waals surface area contributed by atoms with Crippen LogP contribution in [0.2, 0.25) is 0 Å². The molecule has 3 nitrogen and oxygen atoms in total. The predicted molar refractivity (Wildman–Crippen MR) is 225 cm³/mol. The van der Waals surface area contributed by atoms with Gasteiger partial charge in [0.25, 0.3) is 0 Å². The molecule has 0 unspecified atom stereocenters. The predicted octanol–water partition coefficient (Wildman–Crippen LogP) is 13.3. The van der Waals surface area contributed by atoms with Gasteiger partial charge in [0.15, 0.2) is 17.5 Å². The molecular formula is C51H33N3. The van der Waals surface area contributed by atoms with Crippen molar-refractivity contribution < 1.29 is 0 Å². The molecule has 0 bridgehead atoms. The first-order valence-corrected chi connectivity index (χ1v) is 18.3. The zero-order valence-electron chi connectivity index (χ0n) is 29.4. The summed E-state index contributed by atoms with van der Waals surface area (Å²) >= 11 is 0. The maximum absolute atomic E-state index is 5.26. The number of nitrogens with zero attached hydrogens (tertiary/aromatic N) is 3. The largest absolute Gasteiger partial charge is 0.208 e. The summed E-state index contributed by atoms with van der Waals surface area (Å²) in [4.78, 5) is 15.6. The van der Waals surface area contributed by atoms with Crippen LogP contribution in [0.3, 0.4) is 0 Å². The van der Waals surface area contributed by atoms with Gasteiger partial charge in [-0.15, -0.1) is 0 Å². The average Bonchev–Trinajstić information content (AvgIpc) is 3.26. The third kappa shape index (κ3) is 5.78. The number of benzene rings is 9. The van der Waals surface area contributed by atoms with Gasteiger partial charge in [-0.1, -0.05) is 188 Å². The second kappa shape index (κ2) is 13.4. The van der Waals surface area contributed by atoms with Gasteiger partial charge in [0, 0.05) is 22.3 Å². The molecule has 9 aromatic carbocycles. The van der Waals surface area contributed by atoms with Crippen molar-refractivity contribution in [3.05, 3.63) is 200 Å². The zero-order chi connectivity index (χ0) is 35.8. The van der Waals surface area contributed by atoms with Crippen LogP contribution in [0.4, 0.5) is 0 Å². The fourth-order valence-corrected chi connectivity index (χ4v) is 7.61. The lowest BCUT2D eigenvalue weighted by atomic mass is 9.88. The van der Waals surface area contributed by atoms with E-state index in [0.717, 1.165) is 44.5 Å². The van der Waals surface area contributed by atoms with Gasteiger partial charge >= 0.3 is 0 Å². The lowest BCUT2D eigenvalue weighted by Gasteiger charge is -2.17. The summed E-state index contributed by atoms with van der Waals surface area (Å²) in [6, 6.07) is 70.7. The van der Waals surface area contributed by atoms with Crippen LogP contribution in [0.1, 0.15) is 0 Å². The van der Waals surface area contributed by atoms with Crippen LogP contribution >= 0.6 is 0 Å². The van der Waals surface area contributed by atoms with Crippen LogP contribution in [0.25, 0.3) is 99.9 Å².